The van der Waals surface area contributed by atoms with E-state index in [1.807, 2.05) is 30.3 Å². The van der Waals surface area contributed by atoms with E-state index in [-0.39, 0.29) is 5.82 Å². The van der Waals surface area contributed by atoms with Gasteiger partial charge in [0, 0.05) is 17.7 Å². The molecule has 0 spiro atoms. The van der Waals surface area contributed by atoms with Gasteiger partial charge < -0.3 is 9.72 Å². The summed E-state index contributed by atoms with van der Waals surface area (Å²) < 4.78 is 19.9. The lowest BCUT2D eigenvalue weighted by Gasteiger charge is -2.06. The zero-order valence-corrected chi connectivity index (χ0v) is 14.0. The summed E-state index contributed by atoms with van der Waals surface area (Å²) in [7, 11) is 0. The Labute approximate surface area is 141 Å². The molecular weight excluding hydrogens is 303 g/mol. The number of halogens is 1. The lowest BCUT2D eigenvalue weighted by Crippen LogP contribution is -1.98. The van der Waals surface area contributed by atoms with Gasteiger partial charge in [0.1, 0.15) is 11.6 Å². The maximum Gasteiger partial charge on any atom is 0.138 e. The second-order valence-corrected chi connectivity index (χ2v) is 6.02. The summed E-state index contributed by atoms with van der Waals surface area (Å²) in [5, 5.41) is 0. The van der Waals surface area contributed by atoms with Crippen molar-refractivity contribution in [1.82, 2.24) is 9.97 Å². The van der Waals surface area contributed by atoms with E-state index in [9.17, 15) is 4.39 Å². The molecule has 0 fully saturated rings. The summed E-state index contributed by atoms with van der Waals surface area (Å²) in [4.78, 5) is 7.73. The summed E-state index contributed by atoms with van der Waals surface area (Å²) >= 11 is 0. The van der Waals surface area contributed by atoms with Gasteiger partial charge in [0.2, 0.25) is 0 Å². The molecule has 1 N–H and O–H groups in total. The molecule has 0 saturated heterocycles. The molecule has 4 heteroatoms. The maximum atomic E-state index is 14.3. The van der Waals surface area contributed by atoms with E-state index in [1.165, 1.54) is 25.3 Å². The number of nitrogens with one attached hydrogen (secondary N) is 1. The predicted octanol–water partition coefficient (Wildman–Crippen LogP) is 5.47. The van der Waals surface area contributed by atoms with Crippen LogP contribution in [0, 0.1) is 5.82 Å². The largest absolute Gasteiger partial charge is 0.377 e. The topological polar surface area (TPSA) is 37.9 Å². The van der Waals surface area contributed by atoms with E-state index in [1.54, 1.807) is 6.07 Å². The first kappa shape index (κ1) is 16.7. The van der Waals surface area contributed by atoms with E-state index in [4.69, 9.17) is 4.74 Å². The first-order valence-corrected chi connectivity index (χ1v) is 8.59. The van der Waals surface area contributed by atoms with Gasteiger partial charge in [-0.15, -0.1) is 0 Å². The van der Waals surface area contributed by atoms with Crippen molar-refractivity contribution in [3.63, 3.8) is 0 Å². The Balaban J connectivity index is 1.64. The molecular formula is C20H23FN2O. The fourth-order valence-electron chi connectivity index (χ4n) is 2.71. The number of aromatic amines is 1. The number of ether oxygens (including phenoxy) is 1. The molecule has 0 radical (unpaired) electrons. The number of fused-ring (bicyclic) bond motifs is 1. The Bertz CT molecular complexity index is 764. The normalized spacial score (nSPS) is 11.2. The van der Waals surface area contributed by atoms with Crippen LogP contribution in [0.2, 0.25) is 0 Å². The van der Waals surface area contributed by atoms with Gasteiger partial charge in [-0.3, -0.25) is 0 Å². The maximum absolute atomic E-state index is 14.3. The van der Waals surface area contributed by atoms with E-state index in [2.05, 4.69) is 16.9 Å². The summed E-state index contributed by atoms with van der Waals surface area (Å²) in [6.45, 7) is 3.18. The van der Waals surface area contributed by atoms with Crippen LogP contribution in [0.25, 0.3) is 22.4 Å². The van der Waals surface area contributed by atoms with Crippen LogP contribution in [0.15, 0.2) is 42.5 Å². The zero-order chi connectivity index (χ0) is 16.8. The number of para-hydroxylation sites is 2. The van der Waals surface area contributed by atoms with Crippen LogP contribution in [0.4, 0.5) is 4.39 Å². The van der Waals surface area contributed by atoms with Crippen LogP contribution in [0.3, 0.4) is 0 Å². The van der Waals surface area contributed by atoms with E-state index in [0.29, 0.717) is 24.6 Å². The summed E-state index contributed by atoms with van der Waals surface area (Å²) in [5.41, 5.74) is 3.17. The minimum atomic E-state index is -0.249. The highest BCUT2D eigenvalue weighted by Gasteiger charge is 2.09. The van der Waals surface area contributed by atoms with Crippen molar-refractivity contribution in [2.45, 2.75) is 39.2 Å². The van der Waals surface area contributed by atoms with Crippen molar-refractivity contribution in [3.8, 4) is 11.4 Å². The predicted molar refractivity (Wildman–Crippen MR) is 95.3 cm³/mol. The average molecular weight is 326 g/mol. The number of nitrogens with zero attached hydrogens (tertiary/aromatic N) is 1. The minimum Gasteiger partial charge on any atom is -0.377 e. The molecule has 1 heterocycles. The van der Waals surface area contributed by atoms with Crippen molar-refractivity contribution >= 4 is 11.0 Å². The molecule has 0 aliphatic rings. The average Bonchev–Trinajstić information content (AvgIpc) is 3.03. The van der Waals surface area contributed by atoms with Gasteiger partial charge in [0.25, 0.3) is 0 Å². The summed E-state index contributed by atoms with van der Waals surface area (Å²) in [5.74, 6) is 0.434. The van der Waals surface area contributed by atoms with Crippen molar-refractivity contribution in [1.29, 1.82) is 0 Å². The fourth-order valence-corrected chi connectivity index (χ4v) is 2.71. The lowest BCUT2D eigenvalue weighted by molar-refractivity contribution is 0.114. The monoisotopic (exact) mass is 326 g/mol. The SMILES string of the molecule is CCCCCCOCc1ccc(-c2nc3ccccc3[nH]2)cc1F. The minimum absolute atomic E-state index is 0.249. The number of aromatic nitrogens is 2. The molecule has 3 nitrogen and oxygen atoms in total. The Morgan fingerprint density at radius 3 is 2.75 bits per heavy atom. The molecule has 0 bridgehead atoms. The molecule has 1 aromatic heterocycles. The number of benzene rings is 2. The first-order chi connectivity index (χ1) is 11.8. The van der Waals surface area contributed by atoms with Crippen molar-refractivity contribution in [3.05, 3.63) is 53.8 Å². The van der Waals surface area contributed by atoms with Crippen molar-refractivity contribution < 1.29 is 9.13 Å². The molecule has 0 unspecified atom stereocenters. The quantitative estimate of drug-likeness (QED) is 0.558. The van der Waals surface area contributed by atoms with Gasteiger partial charge in [-0.25, -0.2) is 9.37 Å². The first-order valence-electron chi connectivity index (χ1n) is 8.59. The van der Waals surface area contributed by atoms with E-state index in [0.717, 1.165) is 23.0 Å². The van der Waals surface area contributed by atoms with Gasteiger partial charge in [0.15, 0.2) is 0 Å². The summed E-state index contributed by atoms with van der Waals surface area (Å²) in [6.07, 6.45) is 4.64. The van der Waals surface area contributed by atoms with Gasteiger partial charge >= 0.3 is 0 Å². The molecule has 0 atom stereocenters. The summed E-state index contributed by atoms with van der Waals surface area (Å²) in [6, 6.07) is 13.0. The fraction of sp³-hybridized carbons (Fsp3) is 0.350. The van der Waals surface area contributed by atoms with Crippen LogP contribution < -0.4 is 0 Å². The highest BCUT2D eigenvalue weighted by molar-refractivity contribution is 5.79. The highest BCUT2D eigenvalue weighted by atomic mass is 19.1. The molecule has 0 amide bonds. The Morgan fingerprint density at radius 2 is 1.96 bits per heavy atom. The van der Waals surface area contributed by atoms with Crippen molar-refractivity contribution in [2.75, 3.05) is 6.61 Å². The Kier molecular flexibility index (Phi) is 5.59. The molecule has 3 rings (SSSR count). The van der Waals surface area contributed by atoms with Gasteiger partial charge in [-0.1, -0.05) is 50.5 Å². The van der Waals surface area contributed by atoms with E-state index < -0.39 is 0 Å². The number of rotatable bonds is 8. The number of hydrogen-bond donors (Lipinski definition) is 1. The highest BCUT2D eigenvalue weighted by Crippen LogP contribution is 2.22. The number of imidazole rings is 1. The standard InChI is InChI=1S/C20H23FN2O/c1-2-3-4-7-12-24-14-16-11-10-15(13-17(16)21)20-22-18-8-5-6-9-19(18)23-20/h5-6,8-11,13H,2-4,7,12,14H2,1H3,(H,22,23). The molecule has 0 aliphatic heterocycles. The lowest BCUT2D eigenvalue weighted by atomic mass is 10.1. The second-order valence-electron chi connectivity index (χ2n) is 6.02. The third-order valence-corrected chi connectivity index (χ3v) is 4.12. The van der Waals surface area contributed by atoms with Gasteiger partial charge in [0.05, 0.1) is 17.6 Å². The third-order valence-electron chi connectivity index (χ3n) is 4.12. The molecule has 0 aliphatic carbocycles. The van der Waals surface area contributed by atoms with Crippen LogP contribution in [0.1, 0.15) is 38.2 Å². The van der Waals surface area contributed by atoms with Crippen LogP contribution in [-0.2, 0) is 11.3 Å². The third kappa shape index (κ3) is 4.01. The van der Waals surface area contributed by atoms with Crippen molar-refractivity contribution in [2.24, 2.45) is 0 Å². The molecule has 0 saturated carbocycles. The number of hydrogen-bond acceptors (Lipinski definition) is 2. The molecule has 3 aromatic rings. The molecule has 2 aromatic carbocycles. The van der Waals surface area contributed by atoms with Gasteiger partial charge in [-0.2, -0.15) is 0 Å². The van der Waals surface area contributed by atoms with Crippen LogP contribution in [0.5, 0.6) is 0 Å². The Morgan fingerprint density at radius 1 is 1.08 bits per heavy atom. The van der Waals surface area contributed by atoms with Crippen LogP contribution in [-0.4, -0.2) is 16.6 Å². The number of unbranched alkanes of at least 4 members (excludes halogenated alkanes) is 3. The van der Waals surface area contributed by atoms with E-state index >= 15 is 0 Å². The smallest absolute Gasteiger partial charge is 0.138 e. The van der Waals surface area contributed by atoms with Gasteiger partial charge in [-0.05, 0) is 24.6 Å². The molecule has 126 valence electrons. The Hall–Kier alpha value is -2.20. The zero-order valence-electron chi connectivity index (χ0n) is 14.0. The second kappa shape index (κ2) is 8.06. The molecule has 24 heavy (non-hydrogen) atoms. The number of H-pyrrole nitrogens is 1. The van der Waals surface area contributed by atoms with Crippen LogP contribution >= 0.6 is 0 Å².